The minimum Gasteiger partial charge on any atom is -0.490 e. The minimum absolute atomic E-state index is 0.197. The van der Waals surface area contributed by atoms with Crippen molar-refractivity contribution in [2.45, 2.75) is 33.7 Å². The number of nitrogens with zero attached hydrogens (tertiary/aromatic N) is 1. The lowest BCUT2D eigenvalue weighted by atomic mass is 10.0. The van der Waals surface area contributed by atoms with Crippen LogP contribution in [0.1, 0.15) is 43.6 Å². The van der Waals surface area contributed by atoms with Crippen molar-refractivity contribution in [1.82, 2.24) is 10.7 Å². The van der Waals surface area contributed by atoms with Crippen molar-refractivity contribution in [3.05, 3.63) is 58.6 Å². The van der Waals surface area contributed by atoms with E-state index in [4.69, 9.17) is 25.8 Å². The summed E-state index contributed by atoms with van der Waals surface area (Å²) in [5, 5.41) is 7.00. The summed E-state index contributed by atoms with van der Waals surface area (Å²) in [5.74, 6) is -0.812. The Bertz CT molecular complexity index is 1060. The molecule has 0 aromatic heterocycles. The van der Waals surface area contributed by atoms with Crippen molar-refractivity contribution in [2.24, 2.45) is 11.0 Å². The van der Waals surface area contributed by atoms with Crippen LogP contribution in [-0.4, -0.2) is 49.9 Å². The molecule has 0 saturated carbocycles. The van der Waals surface area contributed by atoms with Gasteiger partial charge in [-0.25, -0.2) is 10.2 Å². The normalized spacial score (nSPS) is 11.7. The number of halogens is 1. The number of nitrogens with one attached hydrogen (secondary N) is 2. The average molecular weight is 504 g/mol. The van der Waals surface area contributed by atoms with Gasteiger partial charge in [-0.2, -0.15) is 5.10 Å². The zero-order chi connectivity index (χ0) is 25.8. The van der Waals surface area contributed by atoms with Crippen LogP contribution < -0.4 is 20.2 Å². The fourth-order valence-electron chi connectivity index (χ4n) is 2.97. The van der Waals surface area contributed by atoms with Gasteiger partial charge in [0, 0.05) is 0 Å². The molecule has 10 heteroatoms. The highest BCUT2D eigenvalue weighted by molar-refractivity contribution is 6.33. The van der Waals surface area contributed by atoms with Crippen molar-refractivity contribution >= 4 is 35.6 Å². The summed E-state index contributed by atoms with van der Waals surface area (Å²) < 4.78 is 15.9. The van der Waals surface area contributed by atoms with Gasteiger partial charge in [-0.15, -0.1) is 0 Å². The molecule has 2 rings (SSSR count). The number of carbonyl (C=O) groups excluding carboxylic acids is 3. The first-order valence-electron chi connectivity index (χ1n) is 11.2. The summed E-state index contributed by atoms with van der Waals surface area (Å²) >= 11 is 6.08. The molecule has 1 atom stereocenters. The van der Waals surface area contributed by atoms with Crippen LogP contribution >= 0.6 is 11.6 Å². The molecule has 0 radical (unpaired) electrons. The maximum Gasteiger partial charge on any atom is 0.344 e. The number of benzene rings is 2. The van der Waals surface area contributed by atoms with Gasteiger partial charge in [0.2, 0.25) is 0 Å². The fourth-order valence-corrected chi connectivity index (χ4v) is 3.19. The molecular weight excluding hydrogens is 474 g/mol. The molecule has 9 nitrogen and oxygen atoms in total. The van der Waals surface area contributed by atoms with Crippen molar-refractivity contribution in [3.8, 4) is 11.5 Å². The van der Waals surface area contributed by atoms with Crippen molar-refractivity contribution in [3.63, 3.8) is 0 Å². The third kappa shape index (κ3) is 8.60. The molecule has 1 unspecified atom stereocenters. The number of hydrazone groups is 1. The minimum atomic E-state index is -0.825. The van der Waals surface area contributed by atoms with E-state index in [1.165, 1.54) is 6.21 Å². The molecule has 0 heterocycles. The SMILES string of the molecule is CCOC(=O)COc1ccc(/C=N/NC(=O)C(NC(=O)c2ccccc2Cl)C(C)C)cc1OCC. The zero-order valence-corrected chi connectivity index (χ0v) is 20.9. The Morgan fingerprint density at radius 3 is 2.43 bits per heavy atom. The standard InChI is InChI=1S/C25H30ClN3O6/c1-5-33-21-13-17(11-12-20(21)35-15-22(30)34-6-2)14-27-29-25(32)23(16(3)4)28-24(31)18-9-7-8-10-19(18)26/h7-14,16,23H,5-6,15H2,1-4H3,(H,28,31)(H,29,32)/b27-14+. The van der Waals surface area contributed by atoms with E-state index < -0.39 is 23.8 Å². The number of hydrogen-bond donors (Lipinski definition) is 2. The lowest BCUT2D eigenvalue weighted by Gasteiger charge is -2.20. The predicted molar refractivity (Wildman–Crippen MR) is 133 cm³/mol. The first-order chi connectivity index (χ1) is 16.8. The van der Waals surface area contributed by atoms with Crippen LogP contribution in [0.5, 0.6) is 11.5 Å². The molecule has 2 amide bonds. The monoisotopic (exact) mass is 503 g/mol. The molecule has 0 aliphatic rings. The number of esters is 1. The van der Waals surface area contributed by atoms with E-state index in [9.17, 15) is 14.4 Å². The van der Waals surface area contributed by atoms with Gasteiger partial charge < -0.3 is 19.5 Å². The smallest absolute Gasteiger partial charge is 0.344 e. The van der Waals surface area contributed by atoms with Gasteiger partial charge in [0.15, 0.2) is 18.1 Å². The summed E-state index contributed by atoms with van der Waals surface area (Å²) in [5.41, 5.74) is 3.36. The quantitative estimate of drug-likeness (QED) is 0.260. The molecule has 2 aromatic rings. The Morgan fingerprint density at radius 1 is 1.03 bits per heavy atom. The lowest BCUT2D eigenvalue weighted by molar-refractivity contribution is -0.145. The maximum atomic E-state index is 12.7. The van der Waals surface area contributed by atoms with E-state index in [-0.39, 0.29) is 24.7 Å². The third-order valence-electron chi connectivity index (χ3n) is 4.66. The molecule has 0 aliphatic carbocycles. The maximum absolute atomic E-state index is 12.7. The van der Waals surface area contributed by atoms with E-state index in [2.05, 4.69) is 15.8 Å². The van der Waals surface area contributed by atoms with Crippen LogP contribution in [0.3, 0.4) is 0 Å². The van der Waals surface area contributed by atoms with E-state index in [1.54, 1.807) is 49.4 Å². The molecule has 0 aliphatic heterocycles. The van der Waals surface area contributed by atoms with Gasteiger partial charge in [0.05, 0.1) is 30.0 Å². The Kier molecular flexibility index (Phi) is 11.0. The summed E-state index contributed by atoms with van der Waals surface area (Å²) in [6.07, 6.45) is 1.43. The molecule has 35 heavy (non-hydrogen) atoms. The van der Waals surface area contributed by atoms with E-state index in [0.29, 0.717) is 28.7 Å². The van der Waals surface area contributed by atoms with Crippen LogP contribution in [0, 0.1) is 5.92 Å². The third-order valence-corrected chi connectivity index (χ3v) is 4.99. The highest BCUT2D eigenvalue weighted by atomic mass is 35.5. The van der Waals surface area contributed by atoms with Crippen molar-refractivity contribution in [1.29, 1.82) is 0 Å². The lowest BCUT2D eigenvalue weighted by Crippen LogP contribution is -2.48. The van der Waals surface area contributed by atoms with Crippen LogP contribution in [0.4, 0.5) is 0 Å². The molecular formula is C25H30ClN3O6. The molecule has 0 fully saturated rings. The second-order valence-corrected chi connectivity index (χ2v) is 8.05. The topological polar surface area (TPSA) is 115 Å². The summed E-state index contributed by atoms with van der Waals surface area (Å²) in [7, 11) is 0. The molecule has 0 bridgehead atoms. The Labute approximate surface area is 209 Å². The molecule has 0 saturated heterocycles. The van der Waals surface area contributed by atoms with Crippen LogP contribution in [0.2, 0.25) is 5.02 Å². The molecule has 2 N–H and O–H groups in total. The molecule has 2 aromatic carbocycles. The van der Waals surface area contributed by atoms with Crippen LogP contribution in [0.15, 0.2) is 47.6 Å². The van der Waals surface area contributed by atoms with Crippen molar-refractivity contribution < 1.29 is 28.6 Å². The van der Waals surface area contributed by atoms with Crippen LogP contribution in [0.25, 0.3) is 0 Å². The zero-order valence-electron chi connectivity index (χ0n) is 20.2. The van der Waals surface area contributed by atoms with Gasteiger partial charge >= 0.3 is 5.97 Å². The van der Waals surface area contributed by atoms with Gasteiger partial charge in [-0.05, 0) is 55.7 Å². The summed E-state index contributed by atoms with van der Waals surface area (Å²) in [6, 6.07) is 10.8. The molecule has 188 valence electrons. The van der Waals surface area contributed by atoms with E-state index >= 15 is 0 Å². The number of carbonyl (C=O) groups is 3. The second kappa shape index (κ2) is 14.0. The first-order valence-corrected chi connectivity index (χ1v) is 11.6. The van der Waals surface area contributed by atoms with Gasteiger partial charge in [-0.1, -0.05) is 37.6 Å². The Morgan fingerprint density at radius 2 is 1.77 bits per heavy atom. The van der Waals surface area contributed by atoms with E-state index in [1.807, 2.05) is 20.8 Å². The van der Waals surface area contributed by atoms with Gasteiger partial charge in [0.1, 0.15) is 6.04 Å². The summed E-state index contributed by atoms with van der Waals surface area (Å²) in [6.45, 7) is 7.56. The average Bonchev–Trinajstić information content (AvgIpc) is 2.82. The van der Waals surface area contributed by atoms with Crippen LogP contribution in [-0.2, 0) is 14.3 Å². The van der Waals surface area contributed by atoms with Gasteiger partial charge in [-0.3, -0.25) is 9.59 Å². The second-order valence-electron chi connectivity index (χ2n) is 7.64. The van der Waals surface area contributed by atoms with E-state index in [0.717, 1.165) is 0 Å². The Balaban J connectivity index is 2.04. The predicted octanol–water partition coefficient (Wildman–Crippen LogP) is 3.59. The number of rotatable bonds is 12. The van der Waals surface area contributed by atoms with Gasteiger partial charge in [0.25, 0.3) is 11.8 Å². The number of amides is 2. The Hall–Kier alpha value is -3.59. The number of hydrogen-bond acceptors (Lipinski definition) is 7. The largest absolute Gasteiger partial charge is 0.490 e. The number of ether oxygens (including phenoxy) is 3. The summed E-state index contributed by atoms with van der Waals surface area (Å²) in [4.78, 5) is 36.8. The van der Waals surface area contributed by atoms with Crippen molar-refractivity contribution in [2.75, 3.05) is 19.8 Å². The molecule has 0 spiro atoms. The highest BCUT2D eigenvalue weighted by Gasteiger charge is 2.25. The fraction of sp³-hybridized carbons (Fsp3) is 0.360. The highest BCUT2D eigenvalue weighted by Crippen LogP contribution is 2.28. The first kappa shape index (κ1) is 27.7.